The molecule has 3 N–H and O–H groups in total. The van der Waals surface area contributed by atoms with Gasteiger partial charge in [-0.3, -0.25) is 4.79 Å². The Morgan fingerprint density at radius 1 is 1.10 bits per heavy atom. The molecule has 0 aromatic heterocycles. The Hall–Kier alpha value is -1.42. The number of carbonyl (C=O) groups excluding carboxylic acids is 1. The smallest absolute Gasteiger partial charge is 0.257 e. The van der Waals surface area contributed by atoms with Crippen LogP contribution in [0.4, 0.5) is 11.4 Å². The van der Waals surface area contributed by atoms with Gasteiger partial charge in [0.15, 0.2) is 0 Å². The summed E-state index contributed by atoms with van der Waals surface area (Å²) in [6.45, 7) is 1.83. The molecule has 0 fully saturated rings. The number of hydrogen-bond donors (Lipinski definition) is 2. The number of aryl methyl sites for hydroxylation is 1. The van der Waals surface area contributed by atoms with Gasteiger partial charge in [-0.05, 0) is 42.8 Å². The number of benzene rings is 2. The molecule has 2 rings (SSSR count). The largest absolute Gasteiger partial charge is 0.398 e. The molecule has 3 nitrogen and oxygen atoms in total. The summed E-state index contributed by atoms with van der Waals surface area (Å²) in [6, 6.07) is 7.96. The molecule has 0 bridgehead atoms. The van der Waals surface area contributed by atoms with Crippen molar-refractivity contribution in [3.05, 3.63) is 56.5 Å². The number of anilines is 2. The highest BCUT2D eigenvalue weighted by atomic mass is 35.5. The van der Waals surface area contributed by atoms with E-state index in [-0.39, 0.29) is 5.56 Å². The maximum Gasteiger partial charge on any atom is 0.257 e. The lowest BCUT2D eigenvalue weighted by atomic mass is 10.1. The van der Waals surface area contributed by atoms with Gasteiger partial charge in [-0.1, -0.05) is 34.8 Å². The van der Waals surface area contributed by atoms with E-state index in [9.17, 15) is 4.79 Å². The molecule has 0 saturated carbocycles. The van der Waals surface area contributed by atoms with Gasteiger partial charge in [0, 0.05) is 15.7 Å². The summed E-state index contributed by atoms with van der Waals surface area (Å²) in [5.74, 6) is -0.396. The first kappa shape index (κ1) is 15.0. The van der Waals surface area contributed by atoms with Gasteiger partial charge in [-0.15, -0.1) is 0 Å². The second kappa shape index (κ2) is 5.92. The van der Waals surface area contributed by atoms with Crippen molar-refractivity contribution in [1.29, 1.82) is 0 Å². The topological polar surface area (TPSA) is 55.1 Å². The predicted molar refractivity (Wildman–Crippen MR) is 85.0 cm³/mol. The maximum atomic E-state index is 12.2. The van der Waals surface area contributed by atoms with Gasteiger partial charge in [0.1, 0.15) is 0 Å². The van der Waals surface area contributed by atoms with Gasteiger partial charge in [0.2, 0.25) is 0 Å². The highest BCUT2D eigenvalue weighted by Gasteiger charge is 2.13. The fraction of sp³-hybridized carbons (Fsp3) is 0.0714. The number of hydrogen-bond acceptors (Lipinski definition) is 2. The van der Waals surface area contributed by atoms with Crippen LogP contribution in [-0.2, 0) is 0 Å². The van der Waals surface area contributed by atoms with E-state index >= 15 is 0 Å². The van der Waals surface area contributed by atoms with Crippen LogP contribution >= 0.6 is 34.8 Å². The van der Waals surface area contributed by atoms with Crippen molar-refractivity contribution in [2.24, 2.45) is 0 Å². The molecule has 0 saturated heterocycles. The zero-order valence-corrected chi connectivity index (χ0v) is 12.8. The van der Waals surface area contributed by atoms with Crippen LogP contribution in [0.5, 0.6) is 0 Å². The molecule has 20 heavy (non-hydrogen) atoms. The van der Waals surface area contributed by atoms with Gasteiger partial charge in [0.25, 0.3) is 5.91 Å². The quantitative estimate of drug-likeness (QED) is 0.778. The van der Waals surface area contributed by atoms with Crippen LogP contribution in [0.3, 0.4) is 0 Å². The van der Waals surface area contributed by atoms with E-state index < -0.39 is 5.91 Å². The number of halogens is 3. The van der Waals surface area contributed by atoms with Crippen molar-refractivity contribution < 1.29 is 4.79 Å². The molecule has 0 heterocycles. The molecule has 2 aromatic carbocycles. The van der Waals surface area contributed by atoms with Crippen molar-refractivity contribution in [2.75, 3.05) is 11.1 Å². The molecule has 0 atom stereocenters. The zero-order valence-electron chi connectivity index (χ0n) is 10.5. The summed E-state index contributed by atoms with van der Waals surface area (Å²) in [5, 5.41) is 4.02. The third-order valence-corrected chi connectivity index (χ3v) is 3.71. The number of nitrogens with two attached hydrogens (primary N) is 1. The lowest BCUT2D eigenvalue weighted by Gasteiger charge is -2.11. The van der Waals surface area contributed by atoms with Gasteiger partial charge < -0.3 is 11.1 Å². The molecule has 6 heteroatoms. The third-order valence-electron chi connectivity index (χ3n) is 2.76. The summed E-state index contributed by atoms with van der Waals surface area (Å²) in [4.78, 5) is 12.2. The van der Waals surface area contributed by atoms with Crippen LogP contribution in [-0.4, -0.2) is 5.91 Å². The van der Waals surface area contributed by atoms with Crippen LogP contribution < -0.4 is 11.1 Å². The van der Waals surface area contributed by atoms with Gasteiger partial charge >= 0.3 is 0 Å². The minimum absolute atomic E-state index is 0.283. The van der Waals surface area contributed by atoms with Crippen molar-refractivity contribution in [3.8, 4) is 0 Å². The van der Waals surface area contributed by atoms with E-state index in [1.54, 1.807) is 24.3 Å². The maximum absolute atomic E-state index is 12.2. The van der Waals surface area contributed by atoms with Gasteiger partial charge in [0.05, 0.1) is 16.3 Å². The minimum Gasteiger partial charge on any atom is -0.398 e. The standard InChI is InChI=1S/C14H11Cl3N2O/c1-7-4-11(17)13(6-10(7)16)19-14(20)9-5-8(15)2-3-12(9)18/h2-6H,18H2,1H3,(H,19,20). The number of amides is 1. The molecule has 104 valence electrons. The molecular weight excluding hydrogens is 319 g/mol. The predicted octanol–water partition coefficient (Wildman–Crippen LogP) is 4.79. The molecule has 0 unspecified atom stereocenters. The second-order valence-electron chi connectivity index (χ2n) is 4.27. The highest BCUT2D eigenvalue weighted by Crippen LogP contribution is 2.29. The summed E-state index contributed by atoms with van der Waals surface area (Å²) in [6.07, 6.45) is 0. The average Bonchev–Trinajstić information content (AvgIpc) is 2.38. The third kappa shape index (κ3) is 3.18. The van der Waals surface area contributed by atoms with Crippen LogP contribution in [0, 0.1) is 6.92 Å². The highest BCUT2D eigenvalue weighted by molar-refractivity contribution is 6.36. The van der Waals surface area contributed by atoms with Crippen molar-refractivity contribution in [3.63, 3.8) is 0 Å². The fourth-order valence-electron chi connectivity index (χ4n) is 1.66. The van der Waals surface area contributed by atoms with Gasteiger partial charge in [-0.25, -0.2) is 0 Å². The van der Waals surface area contributed by atoms with E-state index in [1.807, 2.05) is 6.92 Å². The fourth-order valence-corrected chi connectivity index (χ4v) is 2.26. The first-order valence-corrected chi connectivity index (χ1v) is 6.84. The normalized spacial score (nSPS) is 10.4. The summed E-state index contributed by atoms with van der Waals surface area (Å²) in [7, 11) is 0. The number of nitrogen functional groups attached to an aromatic ring is 1. The first-order valence-electron chi connectivity index (χ1n) is 5.70. The molecule has 0 aliphatic rings. The Kier molecular flexibility index (Phi) is 4.43. The van der Waals surface area contributed by atoms with E-state index in [0.29, 0.717) is 26.4 Å². The zero-order chi connectivity index (χ0) is 14.9. The number of nitrogens with one attached hydrogen (secondary N) is 1. The number of carbonyl (C=O) groups is 1. The molecular formula is C14H11Cl3N2O. The monoisotopic (exact) mass is 328 g/mol. The molecule has 1 amide bonds. The molecule has 0 aliphatic carbocycles. The van der Waals surface area contributed by atoms with Crippen molar-refractivity contribution in [2.45, 2.75) is 6.92 Å². The summed E-state index contributed by atoms with van der Waals surface area (Å²) >= 11 is 17.9. The van der Waals surface area contributed by atoms with Crippen molar-refractivity contribution >= 4 is 52.1 Å². The number of rotatable bonds is 2. The molecule has 0 radical (unpaired) electrons. The van der Waals surface area contributed by atoms with E-state index in [4.69, 9.17) is 40.5 Å². The minimum atomic E-state index is -0.396. The lowest BCUT2D eigenvalue weighted by molar-refractivity contribution is 0.102. The Bertz CT molecular complexity index is 686. The summed E-state index contributed by atoms with van der Waals surface area (Å²) in [5.41, 5.74) is 7.63. The van der Waals surface area contributed by atoms with E-state index in [0.717, 1.165) is 5.56 Å². The second-order valence-corrected chi connectivity index (χ2v) is 5.52. The van der Waals surface area contributed by atoms with Gasteiger partial charge in [-0.2, -0.15) is 0 Å². The molecule has 0 spiro atoms. The van der Waals surface area contributed by atoms with Crippen LogP contribution in [0.2, 0.25) is 15.1 Å². The first-order chi connectivity index (χ1) is 9.38. The summed E-state index contributed by atoms with van der Waals surface area (Å²) < 4.78 is 0. The molecule has 2 aromatic rings. The molecule has 0 aliphatic heterocycles. The van der Waals surface area contributed by atoms with Crippen LogP contribution in [0.15, 0.2) is 30.3 Å². The van der Waals surface area contributed by atoms with Crippen molar-refractivity contribution in [1.82, 2.24) is 0 Å². The Balaban J connectivity index is 2.32. The van der Waals surface area contributed by atoms with Crippen LogP contribution in [0.1, 0.15) is 15.9 Å². The lowest BCUT2D eigenvalue weighted by Crippen LogP contribution is -2.14. The Labute approximate surface area is 131 Å². The average molecular weight is 330 g/mol. The Morgan fingerprint density at radius 3 is 2.50 bits per heavy atom. The SMILES string of the molecule is Cc1cc(Cl)c(NC(=O)c2cc(Cl)ccc2N)cc1Cl. The van der Waals surface area contributed by atoms with Crippen LogP contribution in [0.25, 0.3) is 0 Å². The Morgan fingerprint density at radius 2 is 1.80 bits per heavy atom. The van der Waals surface area contributed by atoms with E-state index in [2.05, 4.69) is 5.32 Å². The van der Waals surface area contributed by atoms with E-state index in [1.165, 1.54) is 6.07 Å².